The van der Waals surface area contributed by atoms with E-state index in [1.54, 1.807) is 32.2 Å². The first-order valence-corrected chi connectivity index (χ1v) is 7.20. The number of aromatic nitrogens is 2. The zero-order valence-electron chi connectivity index (χ0n) is 13.9. The van der Waals surface area contributed by atoms with Gasteiger partial charge in [-0.3, -0.25) is 10.1 Å². The van der Waals surface area contributed by atoms with Crippen molar-refractivity contribution in [3.63, 3.8) is 0 Å². The van der Waals surface area contributed by atoms with E-state index >= 15 is 0 Å². The number of aliphatic hydroxyl groups excluding tert-OH is 1. The predicted octanol–water partition coefficient (Wildman–Crippen LogP) is 1.80. The number of ether oxygens (including phenoxy) is 2. The third-order valence-corrected chi connectivity index (χ3v) is 3.63. The fraction of sp³-hybridized carbons (Fsp3) is 0.400. The molecule has 0 aliphatic carbocycles. The second-order valence-electron chi connectivity index (χ2n) is 5.17. The number of nitrogens with zero attached hydrogens (tertiary/aromatic N) is 3. The van der Waals surface area contributed by atoms with Crippen LogP contribution in [0.4, 0.5) is 11.5 Å². The maximum absolute atomic E-state index is 11.2. The van der Waals surface area contributed by atoms with Crippen LogP contribution < -0.4 is 14.8 Å². The van der Waals surface area contributed by atoms with Crippen LogP contribution in [0.2, 0.25) is 0 Å². The standard InChI is InChI=1S/C15H20N4O5/c1-9-14(19(21)22)15(18(2)17-9)16-8-12(20)11-7-10(23-3)5-6-13(11)24-4/h5-7,12,16,20H,8H2,1-4H3. The van der Waals surface area contributed by atoms with Crippen LogP contribution in [0.15, 0.2) is 18.2 Å². The van der Waals surface area contributed by atoms with Crippen molar-refractivity contribution >= 4 is 11.5 Å². The molecule has 9 heteroatoms. The van der Waals surface area contributed by atoms with E-state index in [1.807, 2.05) is 0 Å². The van der Waals surface area contributed by atoms with Gasteiger partial charge in [0, 0.05) is 19.2 Å². The molecule has 2 aromatic rings. The lowest BCUT2D eigenvalue weighted by molar-refractivity contribution is -0.384. The number of rotatable bonds is 7. The number of hydrogen-bond donors (Lipinski definition) is 2. The Labute approximate surface area is 139 Å². The largest absolute Gasteiger partial charge is 0.497 e. The van der Waals surface area contributed by atoms with Crippen LogP contribution in [0.25, 0.3) is 0 Å². The molecule has 0 aliphatic rings. The quantitative estimate of drug-likeness (QED) is 0.585. The molecule has 1 unspecified atom stereocenters. The Kier molecular flexibility index (Phi) is 5.24. The Bertz CT molecular complexity index is 744. The van der Waals surface area contributed by atoms with Crippen LogP contribution in [-0.2, 0) is 7.05 Å². The lowest BCUT2D eigenvalue weighted by Gasteiger charge is -2.17. The van der Waals surface area contributed by atoms with Gasteiger partial charge in [-0.25, -0.2) is 4.68 Å². The van der Waals surface area contributed by atoms with Gasteiger partial charge >= 0.3 is 5.69 Å². The summed E-state index contributed by atoms with van der Waals surface area (Å²) in [6.45, 7) is 1.61. The summed E-state index contributed by atoms with van der Waals surface area (Å²) in [6, 6.07) is 5.07. The van der Waals surface area contributed by atoms with Gasteiger partial charge in [-0.15, -0.1) is 0 Å². The van der Waals surface area contributed by atoms with Crippen molar-refractivity contribution < 1.29 is 19.5 Å². The van der Waals surface area contributed by atoms with Crippen LogP contribution >= 0.6 is 0 Å². The highest BCUT2D eigenvalue weighted by molar-refractivity contribution is 5.59. The highest BCUT2D eigenvalue weighted by Crippen LogP contribution is 2.31. The first kappa shape index (κ1) is 17.5. The molecular weight excluding hydrogens is 316 g/mol. The van der Waals surface area contributed by atoms with Crippen LogP contribution in [0.1, 0.15) is 17.4 Å². The third-order valence-electron chi connectivity index (χ3n) is 3.63. The minimum Gasteiger partial charge on any atom is -0.497 e. The zero-order valence-corrected chi connectivity index (χ0v) is 13.9. The van der Waals surface area contributed by atoms with Gasteiger partial charge in [0.1, 0.15) is 17.2 Å². The highest BCUT2D eigenvalue weighted by Gasteiger charge is 2.25. The van der Waals surface area contributed by atoms with Crippen molar-refractivity contribution in [1.29, 1.82) is 0 Å². The van der Waals surface area contributed by atoms with Crippen molar-refractivity contribution in [3.05, 3.63) is 39.6 Å². The number of aryl methyl sites for hydroxylation is 2. The summed E-state index contributed by atoms with van der Waals surface area (Å²) in [7, 11) is 4.62. The molecule has 0 bridgehead atoms. The van der Waals surface area contributed by atoms with E-state index in [1.165, 1.54) is 18.9 Å². The predicted molar refractivity (Wildman–Crippen MR) is 87.6 cm³/mol. The van der Waals surface area contributed by atoms with E-state index in [-0.39, 0.29) is 18.1 Å². The van der Waals surface area contributed by atoms with Crippen molar-refractivity contribution in [2.24, 2.45) is 7.05 Å². The molecule has 1 aromatic heterocycles. The lowest BCUT2D eigenvalue weighted by atomic mass is 10.1. The Morgan fingerprint density at radius 2 is 2.12 bits per heavy atom. The van der Waals surface area contributed by atoms with E-state index in [9.17, 15) is 15.2 Å². The first-order valence-electron chi connectivity index (χ1n) is 7.20. The number of benzene rings is 1. The van der Waals surface area contributed by atoms with Gasteiger partial charge in [-0.05, 0) is 25.1 Å². The summed E-state index contributed by atoms with van der Waals surface area (Å²) >= 11 is 0. The van der Waals surface area contributed by atoms with E-state index in [4.69, 9.17) is 9.47 Å². The number of anilines is 1. The van der Waals surface area contributed by atoms with E-state index in [0.29, 0.717) is 22.8 Å². The average Bonchev–Trinajstić information content (AvgIpc) is 2.85. The van der Waals surface area contributed by atoms with Gasteiger partial charge in [0.2, 0.25) is 5.82 Å². The molecular formula is C15H20N4O5. The minimum absolute atomic E-state index is 0.0450. The van der Waals surface area contributed by atoms with Gasteiger partial charge in [-0.2, -0.15) is 5.10 Å². The second kappa shape index (κ2) is 7.18. The molecule has 24 heavy (non-hydrogen) atoms. The van der Waals surface area contributed by atoms with Gasteiger partial charge in [0.25, 0.3) is 0 Å². The van der Waals surface area contributed by atoms with E-state index in [2.05, 4.69) is 10.4 Å². The lowest BCUT2D eigenvalue weighted by Crippen LogP contribution is -2.15. The summed E-state index contributed by atoms with van der Waals surface area (Å²) < 4.78 is 11.8. The molecule has 0 amide bonds. The van der Waals surface area contributed by atoms with Crippen LogP contribution in [0.3, 0.4) is 0 Å². The van der Waals surface area contributed by atoms with E-state index in [0.717, 1.165) is 0 Å². The van der Waals surface area contributed by atoms with E-state index < -0.39 is 11.0 Å². The maximum Gasteiger partial charge on any atom is 0.333 e. The molecule has 0 aliphatic heterocycles. The van der Waals surface area contributed by atoms with Crippen LogP contribution in [0.5, 0.6) is 11.5 Å². The van der Waals surface area contributed by atoms with Crippen molar-refractivity contribution in [2.45, 2.75) is 13.0 Å². The summed E-state index contributed by atoms with van der Waals surface area (Å²) in [6.07, 6.45) is -0.954. The van der Waals surface area contributed by atoms with Gasteiger partial charge < -0.3 is 19.9 Å². The van der Waals surface area contributed by atoms with Crippen molar-refractivity contribution in [2.75, 3.05) is 26.1 Å². The fourth-order valence-electron chi connectivity index (χ4n) is 2.47. The highest BCUT2D eigenvalue weighted by atomic mass is 16.6. The summed E-state index contributed by atoms with van der Waals surface area (Å²) in [5.41, 5.74) is 0.714. The number of nitro groups is 1. The summed E-state index contributed by atoms with van der Waals surface area (Å²) in [5.74, 6) is 1.31. The molecule has 0 spiro atoms. The Hall–Kier alpha value is -2.81. The fourth-order valence-corrected chi connectivity index (χ4v) is 2.47. The molecule has 2 N–H and O–H groups in total. The van der Waals surface area contributed by atoms with Gasteiger partial charge in [-0.1, -0.05) is 0 Å². The molecule has 0 radical (unpaired) electrons. The SMILES string of the molecule is COc1ccc(OC)c(C(O)CNc2c([N+](=O)[O-])c(C)nn2C)c1. The second-order valence-corrected chi connectivity index (χ2v) is 5.17. The minimum atomic E-state index is -0.954. The van der Waals surface area contributed by atoms with Crippen molar-refractivity contribution in [3.8, 4) is 11.5 Å². The number of nitrogens with one attached hydrogen (secondary N) is 1. The average molecular weight is 336 g/mol. The zero-order chi connectivity index (χ0) is 17.9. The van der Waals surface area contributed by atoms with Crippen LogP contribution in [-0.4, -0.2) is 40.6 Å². The topological polar surface area (TPSA) is 112 Å². The monoisotopic (exact) mass is 336 g/mol. The molecule has 2 rings (SSSR count). The number of aliphatic hydroxyl groups is 1. The summed E-state index contributed by atoms with van der Waals surface area (Å²) in [5, 5.41) is 28.5. The first-order chi connectivity index (χ1) is 11.4. The maximum atomic E-state index is 11.2. The molecule has 1 heterocycles. The number of hydrogen-bond acceptors (Lipinski definition) is 7. The molecule has 1 atom stereocenters. The normalized spacial score (nSPS) is 11.9. The molecule has 0 saturated carbocycles. The third kappa shape index (κ3) is 3.40. The van der Waals surface area contributed by atoms with Crippen LogP contribution in [0, 0.1) is 17.0 Å². The molecule has 0 saturated heterocycles. The Balaban J connectivity index is 2.23. The smallest absolute Gasteiger partial charge is 0.333 e. The molecule has 0 fully saturated rings. The Morgan fingerprint density at radius 1 is 1.42 bits per heavy atom. The Morgan fingerprint density at radius 3 is 2.71 bits per heavy atom. The number of methoxy groups -OCH3 is 2. The van der Waals surface area contributed by atoms with Gasteiger partial charge in [0.15, 0.2) is 0 Å². The molecule has 1 aromatic carbocycles. The molecule has 9 nitrogen and oxygen atoms in total. The molecule has 130 valence electrons. The van der Waals surface area contributed by atoms with Crippen molar-refractivity contribution in [1.82, 2.24) is 9.78 Å². The van der Waals surface area contributed by atoms with Gasteiger partial charge in [0.05, 0.1) is 25.2 Å². The summed E-state index contributed by atoms with van der Waals surface area (Å²) in [4.78, 5) is 10.7.